The van der Waals surface area contributed by atoms with E-state index in [-0.39, 0.29) is 0 Å². The molecule has 1 saturated heterocycles. The summed E-state index contributed by atoms with van der Waals surface area (Å²) >= 11 is 1.73. The number of hydrogen-bond donors (Lipinski definition) is 0. The molecular formula is C17H23N3S. The van der Waals surface area contributed by atoms with Crippen LogP contribution in [0.2, 0.25) is 0 Å². The lowest BCUT2D eigenvalue weighted by Gasteiger charge is -2.28. The minimum atomic E-state index is 0.818. The summed E-state index contributed by atoms with van der Waals surface area (Å²) < 4.78 is 0. The predicted molar refractivity (Wildman–Crippen MR) is 88.7 cm³/mol. The van der Waals surface area contributed by atoms with Crippen molar-refractivity contribution >= 4 is 11.3 Å². The molecule has 0 N–H and O–H groups in total. The normalized spacial score (nSPS) is 17.3. The second-order valence-corrected chi connectivity index (χ2v) is 7.37. The summed E-state index contributed by atoms with van der Waals surface area (Å²) in [6.07, 6.45) is 5.82. The molecule has 112 valence electrons. The average molecular weight is 301 g/mol. The van der Waals surface area contributed by atoms with Crippen LogP contribution in [-0.2, 0) is 6.42 Å². The Morgan fingerprint density at radius 1 is 1.24 bits per heavy atom. The molecule has 0 radical (unpaired) electrons. The molecule has 1 fully saturated rings. The van der Waals surface area contributed by atoms with Crippen LogP contribution < -0.4 is 0 Å². The first-order chi connectivity index (χ1) is 10.1. The number of rotatable bonds is 3. The first kappa shape index (κ1) is 14.7. The number of aromatic nitrogens is 2. The van der Waals surface area contributed by atoms with Crippen molar-refractivity contribution in [1.82, 2.24) is 14.9 Å². The predicted octanol–water partition coefficient (Wildman–Crippen LogP) is 3.71. The Hall–Kier alpha value is -1.26. The highest BCUT2D eigenvalue weighted by molar-refractivity contribution is 7.15. The van der Waals surface area contributed by atoms with Gasteiger partial charge in [0.25, 0.3) is 0 Å². The van der Waals surface area contributed by atoms with E-state index in [0.29, 0.717) is 0 Å². The van der Waals surface area contributed by atoms with Gasteiger partial charge in [0.15, 0.2) is 0 Å². The van der Waals surface area contributed by atoms with E-state index < -0.39 is 0 Å². The van der Waals surface area contributed by atoms with Gasteiger partial charge in [0.05, 0.1) is 11.4 Å². The van der Waals surface area contributed by atoms with Crippen LogP contribution in [0.5, 0.6) is 0 Å². The van der Waals surface area contributed by atoms with Gasteiger partial charge in [-0.05, 0) is 70.8 Å². The third-order valence-corrected chi connectivity index (χ3v) is 5.53. The summed E-state index contributed by atoms with van der Waals surface area (Å²) in [7, 11) is 2.21. The lowest BCUT2D eigenvalue weighted by molar-refractivity contribution is 0.219. The summed E-state index contributed by atoms with van der Waals surface area (Å²) in [5.41, 5.74) is 3.48. The van der Waals surface area contributed by atoms with Crippen LogP contribution >= 0.6 is 11.3 Å². The van der Waals surface area contributed by atoms with Crippen molar-refractivity contribution < 1.29 is 0 Å². The first-order valence-corrected chi connectivity index (χ1v) is 8.51. The number of pyridine rings is 1. The van der Waals surface area contributed by atoms with Crippen molar-refractivity contribution in [2.24, 2.45) is 5.92 Å². The highest BCUT2D eigenvalue weighted by Gasteiger charge is 2.17. The number of aryl methyl sites for hydroxylation is 2. The molecule has 1 aliphatic rings. The van der Waals surface area contributed by atoms with Crippen LogP contribution in [0.1, 0.15) is 29.0 Å². The minimum absolute atomic E-state index is 0.818. The summed E-state index contributed by atoms with van der Waals surface area (Å²) in [6.45, 7) is 6.64. The fourth-order valence-corrected chi connectivity index (χ4v) is 3.74. The molecule has 4 heteroatoms. The third-order valence-electron chi connectivity index (χ3n) is 4.43. The van der Waals surface area contributed by atoms with Crippen molar-refractivity contribution in [3.05, 3.63) is 34.5 Å². The molecule has 0 amide bonds. The second kappa shape index (κ2) is 6.24. The maximum absolute atomic E-state index is 4.62. The molecule has 1 aliphatic heterocycles. The Kier molecular flexibility index (Phi) is 4.36. The first-order valence-electron chi connectivity index (χ1n) is 7.69. The van der Waals surface area contributed by atoms with Crippen LogP contribution in [-0.4, -0.2) is 35.0 Å². The van der Waals surface area contributed by atoms with Gasteiger partial charge < -0.3 is 4.90 Å². The van der Waals surface area contributed by atoms with Crippen LogP contribution in [0.25, 0.3) is 10.7 Å². The van der Waals surface area contributed by atoms with Crippen LogP contribution in [0.3, 0.4) is 0 Å². The fourth-order valence-electron chi connectivity index (χ4n) is 2.85. The van der Waals surface area contributed by atoms with Gasteiger partial charge in [-0.3, -0.25) is 4.98 Å². The molecule has 2 aromatic heterocycles. The van der Waals surface area contributed by atoms with Crippen LogP contribution in [0.4, 0.5) is 0 Å². The van der Waals surface area contributed by atoms with Gasteiger partial charge in [-0.1, -0.05) is 6.07 Å². The Labute approximate surface area is 131 Å². The summed E-state index contributed by atoms with van der Waals surface area (Å²) in [4.78, 5) is 12.9. The van der Waals surface area contributed by atoms with E-state index in [1.807, 2.05) is 6.20 Å². The molecule has 0 bridgehead atoms. The molecule has 0 spiro atoms. The van der Waals surface area contributed by atoms with E-state index in [2.05, 4.69) is 47.9 Å². The van der Waals surface area contributed by atoms with Crippen molar-refractivity contribution in [2.75, 3.05) is 20.1 Å². The average Bonchev–Trinajstić information content (AvgIpc) is 2.82. The second-order valence-electron chi connectivity index (χ2n) is 6.16. The van der Waals surface area contributed by atoms with Gasteiger partial charge in [0.1, 0.15) is 5.01 Å². The minimum Gasteiger partial charge on any atom is -0.306 e. The number of piperidine rings is 1. The Morgan fingerprint density at radius 2 is 2.00 bits per heavy atom. The number of likely N-dealkylation sites (tertiary alicyclic amines) is 1. The van der Waals surface area contributed by atoms with E-state index in [1.54, 1.807) is 11.3 Å². The van der Waals surface area contributed by atoms with E-state index in [0.717, 1.165) is 28.7 Å². The smallest absolute Gasteiger partial charge is 0.142 e. The Bertz CT molecular complexity index is 575. The zero-order chi connectivity index (χ0) is 14.8. The zero-order valence-corrected chi connectivity index (χ0v) is 13.9. The molecule has 0 aliphatic carbocycles. The lowest BCUT2D eigenvalue weighted by Crippen LogP contribution is -2.30. The molecule has 3 heterocycles. The Balaban J connectivity index is 1.66. The molecule has 3 rings (SSSR count). The van der Waals surface area contributed by atoms with E-state index in [1.165, 1.54) is 36.4 Å². The van der Waals surface area contributed by atoms with Gasteiger partial charge in [0, 0.05) is 11.1 Å². The fraction of sp³-hybridized carbons (Fsp3) is 0.529. The zero-order valence-electron chi connectivity index (χ0n) is 13.1. The lowest BCUT2D eigenvalue weighted by atomic mass is 9.91. The Morgan fingerprint density at radius 3 is 2.57 bits per heavy atom. The molecule has 0 atom stereocenters. The number of nitrogens with zero attached hydrogens (tertiary/aromatic N) is 3. The van der Waals surface area contributed by atoms with E-state index >= 15 is 0 Å². The third kappa shape index (κ3) is 3.50. The quantitative estimate of drug-likeness (QED) is 0.865. The maximum Gasteiger partial charge on any atom is 0.142 e. The number of thiazole rings is 1. The van der Waals surface area contributed by atoms with E-state index in [9.17, 15) is 0 Å². The van der Waals surface area contributed by atoms with Gasteiger partial charge in [-0.2, -0.15) is 0 Å². The molecule has 21 heavy (non-hydrogen) atoms. The molecule has 0 aromatic carbocycles. The summed E-state index contributed by atoms with van der Waals surface area (Å²) in [5, 5.41) is 1.04. The summed E-state index contributed by atoms with van der Waals surface area (Å²) in [6, 6.07) is 4.36. The molecule has 0 saturated carbocycles. The largest absolute Gasteiger partial charge is 0.306 e. The van der Waals surface area contributed by atoms with Crippen molar-refractivity contribution in [3.8, 4) is 10.7 Å². The standard InChI is InChI=1S/C17H23N3S/c1-12-13(2)21-17(19-12)16-5-4-15(11-18-16)10-14-6-8-20(3)9-7-14/h4-5,11,14H,6-10H2,1-3H3. The number of hydrogen-bond acceptors (Lipinski definition) is 4. The van der Waals surface area contributed by atoms with Crippen LogP contribution in [0, 0.1) is 19.8 Å². The van der Waals surface area contributed by atoms with Gasteiger partial charge in [0.2, 0.25) is 0 Å². The van der Waals surface area contributed by atoms with Gasteiger partial charge in [-0.15, -0.1) is 11.3 Å². The molecule has 0 unspecified atom stereocenters. The monoisotopic (exact) mass is 301 g/mol. The SMILES string of the molecule is Cc1nc(-c2ccc(CC3CCN(C)CC3)cn2)sc1C. The van der Waals surface area contributed by atoms with Crippen molar-refractivity contribution in [3.63, 3.8) is 0 Å². The highest BCUT2D eigenvalue weighted by Crippen LogP contribution is 2.26. The molecule has 3 nitrogen and oxygen atoms in total. The molecular weight excluding hydrogens is 278 g/mol. The van der Waals surface area contributed by atoms with Crippen LogP contribution in [0.15, 0.2) is 18.3 Å². The van der Waals surface area contributed by atoms with E-state index in [4.69, 9.17) is 0 Å². The highest BCUT2D eigenvalue weighted by atomic mass is 32.1. The maximum atomic E-state index is 4.62. The van der Waals surface area contributed by atoms with Gasteiger partial charge in [-0.25, -0.2) is 4.98 Å². The van der Waals surface area contributed by atoms with Gasteiger partial charge >= 0.3 is 0 Å². The summed E-state index contributed by atoms with van der Waals surface area (Å²) in [5.74, 6) is 0.818. The van der Waals surface area contributed by atoms with Crippen molar-refractivity contribution in [2.45, 2.75) is 33.1 Å². The molecule has 2 aromatic rings. The van der Waals surface area contributed by atoms with Crippen molar-refractivity contribution in [1.29, 1.82) is 0 Å². The topological polar surface area (TPSA) is 29.0 Å².